The highest BCUT2D eigenvalue weighted by Gasteiger charge is 2.06. The van der Waals surface area contributed by atoms with E-state index in [1.54, 1.807) is 23.9 Å². The van der Waals surface area contributed by atoms with Crippen LogP contribution in [0.3, 0.4) is 0 Å². The Morgan fingerprint density at radius 2 is 2.11 bits per heavy atom. The summed E-state index contributed by atoms with van der Waals surface area (Å²) in [6, 6.07) is 0.303. The lowest BCUT2D eigenvalue weighted by Gasteiger charge is -2.07. The van der Waals surface area contributed by atoms with Crippen molar-refractivity contribution in [1.82, 2.24) is 19.9 Å². The summed E-state index contributed by atoms with van der Waals surface area (Å²) in [4.78, 5) is 16.6. The van der Waals surface area contributed by atoms with Crippen molar-refractivity contribution >= 4 is 23.2 Å². The number of anilines is 2. The molecule has 0 saturated heterocycles. The van der Waals surface area contributed by atoms with Crippen molar-refractivity contribution in [3.05, 3.63) is 16.6 Å². The number of nitrogens with one attached hydrogen (secondary N) is 2. The largest absolute Gasteiger partial charge is 0.464 e. The van der Waals surface area contributed by atoms with Gasteiger partial charge < -0.3 is 15.4 Å². The van der Waals surface area contributed by atoms with Crippen LogP contribution in [0.15, 0.2) is 10.9 Å². The third-order valence-corrected chi connectivity index (χ3v) is 2.66. The highest BCUT2D eigenvalue weighted by Crippen LogP contribution is 2.11. The molecule has 18 heavy (non-hydrogen) atoms. The Hall–Kier alpha value is -1.96. The predicted octanol–water partition coefficient (Wildman–Crippen LogP) is 1.38. The van der Waals surface area contributed by atoms with Crippen LogP contribution >= 0.6 is 11.3 Å². The molecule has 2 heterocycles. The summed E-state index contributed by atoms with van der Waals surface area (Å²) in [7, 11) is 1.75. The summed E-state index contributed by atoms with van der Waals surface area (Å²) in [5.74, 6) is 0.931. The van der Waals surface area contributed by atoms with Crippen LogP contribution in [0.1, 0.15) is 12.6 Å². The standard InChI is InChI=1S/C10H14N6OS/c1-3-17-10-15-8(11-2)14-9(16-10)12-4-7-5-18-6-13-7/h5-6H,3-4H2,1-2H3,(H2,11,12,14,15,16). The molecule has 0 radical (unpaired) electrons. The van der Waals surface area contributed by atoms with Crippen LogP contribution in [0, 0.1) is 0 Å². The van der Waals surface area contributed by atoms with Gasteiger partial charge in [-0.15, -0.1) is 11.3 Å². The average Bonchev–Trinajstić information content (AvgIpc) is 2.89. The Bertz CT molecular complexity index is 489. The van der Waals surface area contributed by atoms with Crippen LogP contribution in [0.25, 0.3) is 0 Å². The van der Waals surface area contributed by atoms with E-state index in [0.717, 1.165) is 5.69 Å². The van der Waals surface area contributed by atoms with Crippen molar-refractivity contribution in [3.8, 4) is 6.01 Å². The zero-order valence-electron chi connectivity index (χ0n) is 10.2. The molecule has 7 nitrogen and oxygen atoms in total. The third-order valence-electron chi connectivity index (χ3n) is 2.02. The molecule has 0 aliphatic heterocycles. The van der Waals surface area contributed by atoms with E-state index in [0.29, 0.717) is 31.1 Å². The van der Waals surface area contributed by atoms with Gasteiger partial charge in [0.05, 0.1) is 24.4 Å². The minimum absolute atomic E-state index is 0.303. The summed E-state index contributed by atoms with van der Waals surface area (Å²) in [5, 5.41) is 7.91. The van der Waals surface area contributed by atoms with E-state index in [9.17, 15) is 0 Å². The van der Waals surface area contributed by atoms with E-state index >= 15 is 0 Å². The molecule has 2 N–H and O–H groups in total. The molecule has 0 spiro atoms. The van der Waals surface area contributed by atoms with Gasteiger partial charge in [0.1, 0.15) is 0 Å². The first-order chi connectivity index (χ1) is 8.81. The molecule has 8 heteroatoms. The molecule has 0 fully saturated rings. The second-order valence-corrected chi connectivity index (χ2v) is 4.00. The van der Waals surface area contributed by atoms with E-state index in [4.69, 9.17) is 4.74 Å². The molecule has 0 aromatic carbocycles. The smallest absolute Gasteiger partial charge is 0.323 e. The number of thiazole rings is 1. The SMILES string of the molecule is CCOc1nc(NC)nc(NCc2cscn2)n1. The van der Waals surface area contributed by atoms with Gasteiger partial charge in [0.25, 0.3) is 0 Å². The maximum Gasteiger partial charge on any atom is 0.323 e. The normalized spacial score (nSPS) is 10.1. The van der Waals surface area contributed by atoms with E-state index in [1.165, 1.54) is 0 Å². The van der Waals surface area contributed by atoms with E-state index in [2.05, 4.69) is 30.6 Å². The second kappa shape index (κ2) is 6.10. The zero-order valence-corrected chi connectivity index (χ0v) is 11.0. The van der Waals surface area contributed by atoms with Crippen molar-refractivity contribution < 1.29 is 4.74 Å². The van der Waals surface area contributed by atoms with Crippen LogP contribution in [-0.4, -0.2) is 33.6 Å². The van der Waals surface area contributed by atoms with Gasteiger partial charge in [0.2, 0.25) is 11.9 Å². The predicted molar refractivity (Wildman–Crippen MR) is 70.0 cm³/mol. The van der Waals surface area contributed by atoms with Gasteiger partial charge in [-0.1, -0.05) is 0 Å². The molecule has 0 unspecified atom stereocenters. The zero-order chi connectivity index (χ0) is 12.8. The van der Waals surface area contributed by atoms with E-state index < -0.39 is 0 Å². The Morgan fingerprint density at radius 1 is 1.28 bits per heavy atom. The minimum atomic E-state index is 0.303. The molecule has 0 aliphatic carbocycles. The molecular weight excluding hydrogens is 252 g/mol. The van der Waals surface area contributed by atoms with Crippen molar-refractivity contribution in [2.24, 2.45) is 0 Å². The molecule has 0 aliphatic rings. The highest BCUT2D eigenvalue weighted by molar-refractivity contribution is 7.07. The first-order valence-corrected chi connectivity index (χ1v) is 6.43. The fourth-order valence-electron chi connectivity index (χ4n) is 1.24. The summed E-state index contributed by atoms with van der Waals surface area (Å²) in [6.45, 7) is 2.96. The summed E-state index contributed by atoms with van der Waals surface area (Å²) >= 11 is 1.55. The van der Waals surface area contributed by atoms with Gasteiger partial charge in [-0.3, -0.25) is 0 Å². The molecule has 96 valence electrons. The second-order valence-electron chi connectivity index (χ2n) is 3.28. The number of ether oxygens (including phenoxy) is 1. The fourth-order valence-corrected chi connectivity index (χ4v) is 1.79. The van der Waals surface area contributed by atoms with Gasteiger partial charge >= 0.3 is 6.01 Å². The van der Waals surface area contributed by atoms with Gasteiger partial charge in [-0.25, -0.2) is 4.98 Å². The Morgan fingerprint density at radius 3 is 2.78 bits per heavy atom. The Labute approximate surface area is 109 Å². The lowest BCUT2D eigenvalue weighted by molar-refractivity contribution is 0.312. The maximum atomic E-state index is 5.27. The van der Waals surface area contributed by atoms with Gasteiger partial charge in [-0.2, -0.15) is 15.0 Å². The topological polar surface area (TPSA) is 84.9 Å². The minimum Gasteiger partial charge on any atom is -0.464 e. The molecule has 0 bridgehead atoms. The third kappa shape index (κ3) is 3.27. The van der Waals surface area contributed by atoms with Gasteiger partial charge in [0.15, 0.2) is 0 Å². The van der Waals surface area contributed by atoms with E-state index in [-0.39, 0.29) is 0 Å². The molecule has 2 aromatic rings. The number of rotatable bonds is 6. The fraction of sp³-hybridized carbons (Fsp3) is 0.400. The number of aromatic nitrogens is 4. The maximum absolute atomic E-state index is 5.27. The van der Waals surface area contributed by atoms with E-state index in [1.807, 2.05) is 12.3 Å². The Kier molecular flexibility index (Phi) is 4.24. The summed E-state index contributed by atoms with van der Waals surface area (Å²) in [5.41, 5.74) is 2.74. The molecule has 0 amide bonds. The Balaban J connectivity index is 2.08. The lowest BCUT2D eigenvalue weighted by Crippen LogP contribution is -2.09. The van der Waals surface area contributed by atoms with Crippen molar-refractivity contribution in [2.75, 3.05) is 24.3 Å². The van der Waals surface area contributed by atoms with Crippen LogP contribution in [-0.2, 0) is 6.54 Å². The van der Waals surface area contributed by atoms with Gasteiger partial charge in [-0.05, 0) is 6.92 Å². The monoisotopic (exact) mass is 266 g/mol. The van der Waals surface area contributed by atoms with Crippen LogP contribution < -0.4 is 15.4 Å². The molecule has 0 saturated carbocycles. The quantitative estimate of drug-likeness (QED) is 0.817. The number of hydrogen-bond donors (Lipinski definition) is 2. The van der Waals surface area contributed by atoms with Gasteiger partial charge in [0, 0.05) is 12.4 Å². The lowest BCUT2D eigenvalue weighted by atomic mass is 10.5. The average molecular weight is 266 g/mol. The molecular formula is C10H14N6OS. The first-order valence-electron chi connectivity index (χ1n) is 5.49. The molecule has 2 aromatic heterocycles. The van der Waals surface area contributed by atoms with Crippen molar-refractivity contribution in [2.45, 2.75) is 13.5 Å². The summed E-state index contributed by atoms with van der Waals surface area (Å²) < 4.78 is 5.27. The van der Waals surface area contributed by atoms with Crippen molar-refractivity contribution in [1.29, 1.82) is 0 Å². The number of hydrogen-bond acceptors (Lipinski definition) is 8. The van der Waals surface area contributed by atoms with Crippen LogP contribution in [0.5, 0.6) is 6.01 Å². The number of nitrogens with zero attached hydrogens (tertiary/aromatic N) is 4. The highest BCUT2D eigenvalue weighted by atomic mass is 32.1. The summed E-state index contributed by atoms with van der Waals surface area (Å²) in [6.07, 6.45) is 0. The van der Waals surface area contributed by atoms with Crippen molar-refractivity contribution in [3.63, 3.8) is 0 Å². The first kappa shape index (κ1) is 12.5. The molecule has 2 rings (SSSR count). The van der Waals surface area contributed by atoms with Crippen LogP contribution in [0.2, 0.25) is 0 Å². The van der Waals surface area contributed by atoms with Crippen LogP contribution in [0.4, 0.5) is 11.9 Å². The molecule has 0 atom stereocenters.